The van der Waals surface area contributed by atoms with E-state index in [0.29, 0.717) is 0 Å². The first-order chi connectivity index (χ1) is 12.4. The molecule has 0 fully saturated rings. The number of anilines is 1. The van der Waals surface area contributed by atoms with E-state index < -0.39 is 5.54 Å². The van der Waals surface area contributed by atoms with Gasteiger partial charge in [-0.15, -0.1) is 10.2 Å². The van der Waals surface area contributed by atoms with Gasteiger partial charge in [0.15, 0.2) is 0 Å². The minimum atomic E-state index is -0.538. The molecule has 0 spiro atoms. The number of benzene rings is 3. The normalized spacial score (nSPS) is 11.2. The van der Waals surface area contributed by atoms with Crippen molar-refractivity contribution in [3.8, 4) is 0 Å². The Hall–Kier alpha value is -2.98. The predicted molar refractivity (Wildman–Crippen MR) is 103 cm³/mol. The van der Waals surface area contributed by atoms with Crippen LogP contribution in [-0.4, -0.2) is 10.2 Å². The Morgan fingerprint density at radius 2 is 1.08 bits per heavy atom. The van der Waals surface area contributed by atoms with Gasteiger partial charge in [0.1, 0.15) is 11.0 Å². The third kappa shape index (κ3) is 2.92. The molecule has 0 aliphatic carbocycles. The van der Waals surface area contributed by atoms with E-state index in [1.165, 1.54) is 11.3 Å². The zero-order valence-corrected chi connectivity index (χ0v) is 14.4. The van der Waals surface area contributed by atoms with Crippen LogP contribution in [0.2, 0.25) is 0 Å². The van der Waals surface area contributed by atoms with E-state index in [1.807, 2.05) is 18.2 Å². The van der Waals surface area contributed by atoms with Crippen molar-refractivity contribution in [2.45, 2.75) is 5.54 Å². The molecule has 0 bridgehead atoms. The van der Waals surface area contributed by atoms with Crippen molar-refractivity contribution in [1.29, 1.82) is 0 Å². The van der Waals surface area contributed by atoms with E-state index in [1.54, 1.807) is 5.51 Å². The molecule has 4 rings (SSSR count). The first kappa shape index (κ1) is 15.5. The number of hydrogen-bond donors (Lipinski definition) is 1. The van der Waals surface area contributed by atoms with Gasteiger partial charge in [0, 0.05) is 0 Å². The largest absolute Gasteiger partial charge is 0.342 e. The molecule has 0 radical (unpaired) electrons. The molecule has 4 heteroatoms. The van der Waals surface area contributed by atoms with Crippen molar-refractivity contribution in [2.75, 3.05) is 5.32 Å². The molecular weight excluding hydrogens is 326 g/mol. The Bertz CT molecular complexity index is 811. The Kier molecular flexibility index (Phi) is 4.27. The van der Waals surface area contributed by atoms with Crippen molar-refractivity contribution in [3.63, 3.8) is 0 Å². The van der Waals surface area contributed by atoms with E-state index >= 15 is 0 Å². The van der Waals surface area contributed by atoms with Gasteiger partial charge < -0.3 is 5.32 Å². The highest BCUT2D eigenvalue weighted by atomic mass is 32.1. The van der Waals surface area contributed by atoms with Gasteiger partial charge in [-0.25, -0.2) is 0 Å². The summed E-state index contributed by atoms with van der Waals surface area (Å²) in [4.78, 5) is 0. The smallest absolute Gasteiger partial charge is 0.206 e. The van der Waals surface area contributed by atoms with Gasteiger partial charge in [-0.05, 0) is 16.7 Å². The fourth-order valence-electron chi connectivity index (χ4n) is 3.17. The van der Waals surface area contributed by atoms with Gasteiger partial charge in [0.25, 0.3) is 0 Å². The van der Waals surface area contributed by atoms with Crippen LogP contribution in [0.1, 0.15) is 16.7 Å². The molecule has 0 aliphatic rings. The number of rotatable bonds is 5. The minimum absolute atomic E-state index is 0.538. The lowest BCUT2D eigenvalue weighted by atomic mass is 9.77. The zero-order chi connectivity index (χ0) is 17.0. The van der Waals surface area contributed by atoms with Crippen LogP contribution < -0.4 is 5.32 Å². The third-order valence-electron chi connectivity index (χ3n) is 4.27. The second kappa shape index (κ2) is 6.87. The Morgan fingerprint density at radius 3 is 1.44 bits per heavy atom. The van der Waals surface area contributed by atoms with Crippen LogP contribution in [0.3, 0.4) is 0 Å². The molecule has 0 aliphatic heterocycles. The molecular formula is C21H17N3S. The second-order valence-electron chi connectivity index (χ2n) is 5.72. The summed E-state index contributed by atoms with van der Waals surface area (Å²) in [5, 5.41) is 12.7. The van der Waals surface area contributed by atoms with Crippen LogP contribution in [0.25, 0.3) is 0 Å². The van der Waals surface area contributed by atoms with Crippen molar-refractivity contribution >= 4 is 16.5 Å². The van der Waals surface area contributed by atoms with Gasteiger partial charge in [-0.1, -0.05) is 102 Å². The van der Waals surface area contributed by atoms with E-state index in [0.717, 1.165) is 21.8 Å². The molecule has 122 valence electrons. The molecule has 3 nitrogen and oxygen atoms in total. The van der Waals surface area contributed by atoms with E-state index in [-0.39, 0.29) is 0 Å². The van der Waals surface area contributed by atoms with E-state index in [9.17, 15) is 0 Å². The Morgan fingerprint density at radius 1 is 0.640 bits per heavy atom. The minimum Gasteiger partial charge on any atom is -0.342 e. The van der Waals surface area contributed by atoms with Crippen molar-refractivity contribution in [1.82, 2.24) is 10.2 Å². The van der Waals surface area contributed by atoms with Crippen LogP contribution in [-0.2, 0) is 5.54 Å². The maximum absolute atomic E-state index is 4.23. The Balaban J connectivity index is 2.01. The molecule has 0 atom stereocenters. The van der Waals surface area contributed by atoms with Crippen LogP contribution in [0.4, 0.5) is 5.13 Å². The van der Waals surface area contributed by atoms with Crippen molar-refractivity contribution < 1.29 is 0 Å². The van der Waals surface area contributed by atoms with Crippen LogP contribution in [0.15, 0.2) is 96.5 Å². The zero-order valence-electron chi connectivity index (χ0n) is 13.5. The fraction of sp³-hybridized carbons (Fsp3) is 0.0476. The second-order valence-corrected chi connectivity index (χ2v) is 6.55. The molecule has 0 saturated heterocycles. The van der Waals surface area contributed by atoms with Crippen LogP contribution in [0, 0.1) is 0 Å². The first-order valence-electron chi connectivity index (χ1n) is 8.10. The third-order valence-corrected chi connectivity index (χ3v) is 4.88. The highest BCUT2D eigenvalue weighted by Crippen LogP contribution is 2.40. The molecule has 1 N–H and O–H groups in total. The van der Waals surface area contributed by atoms with Crippen molar-refractivity contribution in [3.05, 3.63) is 113 Å². The summed E-state index contributed by atoms with van der Waals surface area (Å²) in [6, 6.07) is 31.4. The van der Waals surface area contributed by atoms with Gasteiger partial charge in [-0.2, -0.15) is 0 Å². The van der Waals surface area contributed by atoms with E-state index in [4.69, 9.17) is 0 Å². The van der Waals surface area contributed by atoms with Gasteiger partial charge in [-0.3, -0.25) is 0 Å². The maximum Gasteiger partial charge on any atom is 0.206 e. The summed E-state index contributed by atoms with van der Waals surface area (Å²) in [6.45, 7) is 0. The molecule has 25 heavy (non-hydrogen) atoms. The summed E-state index contributed by atoms with van der Waals surface area (Å²) >= 11 is 1.50. The first-order valence-corrected chi connectivity index (χ1v) is 8.98. The highest BCUT2D eigenvalue weighted by molar-refractivity contribution is 7.13. The molecule has 0 amide bonds. The molecule has 0 unspecified atom stereocenters. The molecule has 3 aromatic carbocycles. The standard InChI is InChI=1S/C21H17N3S/c1-4-10-17(11-5-1)21(18-12-6-2-7-13-18,19-14-8-3-9-15-19)23-20-24-22-16-25-20/h1-16H,(H,23,24). The van der Waals surface area contributed by atoms with Gasteiger partial charge >= 0.3 is 0 Å². The highest BCUT2D eigenvalue weighted by Gasteiger charge is 2.36. The SMILES string of the molecule is c1ccc(C(Nc2nncs2)(c2ccccc2)c2ccccc2)cc1. The monoisotopic (exact) mass is 343 g/mol. The molecule has 4 aromatic rings. The quantitative estimate of drug-likeness (QED) is 0.521. The topological polar surface area (TPSA) is 37.8 Å². The maximum atomic E-state index is 4.23. The number of aromatic nitrogens is 2. The summed E-state index contributed by atoms with van der Waals surface area (Å²) in [5.41, 5.74) is 4.67. The van der Waals surface area contributed by atoms with Gasteiger partial charge in [0.2, 0.25) is 5.13 Å². The fourth-order valence-corrected chi connectivity index (χ4v) is 3.67. The summed E-state index contributed by atoms with van der Waals surface area (Å²) < 4.78 is 0. The summed E-state index contributed by atoms with van der Waals surface area (Å²) in [5.74, 6) is 0. The van der Waals surface area contributed by atoms with Crippen molar-refractivity contribution in [2.24, 2.45) is 0 Å². The Labute approximate surface area is 151 Å². The van der Waals surface area contributed by atoms with Crippen LogP contribution in [0.5, 0.6) is 0 Å². The number of nitrogens with zero attached hydrogens (tertiary/aromatic N) is 2. The lowest BCUT2D eigenvalue weighted by molar-refractivity contribution is 0.708. The summed E-state index contributed by atoms with van der Waals surface area (Å²) in [7, 11) is 0. The van der Waals surface area contributed by atoms with Gasteiger partial charge in [0.05, 0.1) is 0 Å². The lowest BCUT2D eigenvalue weighted by Crippen LogP contribution is -2.38. The number of nitrogens with one attached hydrogen (secondary N) is 1. The molecule has 1 aromatic heterocycles. The molecule has 1 heterocycles. The van der Waals surface area contributed by atoms with Crippen LogP contribution >= 0.6 is 11.3 Å². The predicted octanol–water partition coefficient (Wildman–Crippen LogP) is 4.94. The average Bonchev–Trinajstić information content (AvgIpc) is 3.21. The number of hydrogen-bond acceptors (Lipinski definition) is 4. The molecule has 0 saturated carbocycles. The van der Waals surface area contributed by atoms with E-state index in [2.05, 4.69) is 88.3 Å². The average molecular weight is 343 g/mol. The summed E-state index contributed by atoms with van der Waals surface area (Å²) in [6.07, 6.45) is 0. The lowest BCUT2D eigenvalue weighted by Gasteiger charge is -2.36.